The number of fused-ring (bicyclic) bond motifs is 7. The third-order valence-electron chi connectivity index (χ3n) is 11.6. The Hall–Kier alpha value is -0.410. The first kappa shape index (κ1) is 20.2. The SMILES string of the molecule is C[C@@H]1CCCCN1CC(=O)[C@H]1CC[C@H]2[C@@H]3CC[C@@H]4C5C[C@@]5(O)CC[C@@H]4[C@H]3CC[C@]12C. The number of aliphatic hydroxyl groups is 1. The van der Waals surface area contributed by atoms with E-state index in [0.29, 0.717) is 30.2 Å². The van der Waals surface area contributed by atoms with Crippen molar-refractivity contribution >= 4 is 5.78 Å². The lowest BCUT2D eigenvalue weighted by atomic mass is 9.49. The molecule has 3 nitrogen and oxygen atoms in total. The monoisotopic (exact) mass is 413 g/mol. The van der Waals surface area contributed by atoms with Gasteiger partial charge in [-0.25, -0.2) is 0 Å². The fraction of sp³-hybridized carbons (Fsp3) is 0.963. The van der Waals surface area contributed by atoms with Gasteiger partial charge in [0, 0.05) is 12.0 Å². The first-order valence-corrected chi connectivity index (χ1v) is 13.4. The van der Waals surface area contributed by atoms with Crippen LogP contribution in [0, 0.1) is 46.8 Å². The first-order chi connectivity index (χ1) is 14.4. The second-order valence-corrected chi connectivity index (χ2v) is 12.7. The molecule has 6 fully saturated rings. The van der Waals surface area contributed by atoms with Gasteiger partial charge in [-0.2, -0.15) is 0 Å². The number of carbonyl (C=O) groups is 1. The van der Waals surface area contributed by atoms with E-state index in [1.54, 1.807) is 0 Å². The van der Waals surface area contributed by atoms with Gasteiger partial charge in [0.25, 0.3) is 0 Å². The van der Waals surface area contributed by atoms with Crippen molar-refractivity contribution in [1.82, 2.24) is 4.90 Å². The molecular weight excluding hydrogens is 370 g/mol. The molecular formula is C27H43NO2. The molecule has 1 saturated heterocycles. The van der Waals surface area contributed by atoms with E-state index in [9.17, 15) is 9.90 Å². The maximum atomic E-state index is 13.5. The van der Waals surface area contributed by atoms with E-state index < -0.39 is 0 Å². The van der Waals surface area contributed by atoms with Crippen molar-refractivity contribution in [3.8, 4) is 0 Å². The molecule has 0 aromatic rings. The van der Waals surface area contributed by atoms with E-state index >= 15 is 0 Å². The van der Waals surface area contributed by atoms with E-state index in [-0.39, 0.29) is 11.0 Å². The number of likely N-dealkylation sites (tertiary alicyclic amines) is 1. The molecule has 0 aromatic carbocycles. The van der Waals surface area contributed by atoms with Gasteiger partial charge in [0.1, 0.15) is 5.78 Å². The van der Waals surface area contributed by atoms with E-state index in [0.717, 1.165) is 55.4 Å². The van der Waals surface area contributed by atoms with Gasteiger partial charge in [-0.3, -0.25) is 9.69 Å². The Bertz CT molecular complexity index is 707. The van der Waals surface area contributed by atoms with Crippen molar-refractivity contribution in [1.29, 1.82) is 0 Å². The van der Waals surface area contributed by atoms with Crippen molar-refractivity contribution in [3.63, 3.8) is 0 Å². The van der Waals surface area contributed by atoms with E-state index in [2.05, 4.69) is 18.7 Å². The van der Waals surface area contributed by atoms with E-state index in [1.165, 1.54) is 57.8 Å². The standard InChI is InChI=1S/C27H43NO2/c1-17-5-3-4-14-28(17)16-25(29)23-9-8-22-20-6-7-21-19(11-13-27(30)15-24(21)27)18(20)10-12-26(22,23)2/h17-24,30H,3-16H2,1-2H3/t17-,18-,19-,20-,21+,22+,23-,24?,26+,27+/m1/s1. The van der Waals surface area contributed by atoms with Gasteiger partial charge in [0.05, 0.1) is 12.1 Å². The molecule has 0 aromatic heterocycles. The average molecular weight is 414 g/mol. The van der Waals surface area contributed by atoms with Crippen LogP contribution in [0.5, 0.6) is 0 Å². The quantitative estimate of drug-likeness (QED) is 0.703. The van der Waals surface area contributed by atoms with Gasteiger partial charge in [-0.05, 0) is 125 Å². The molecule has 0 amide bonds. The summed E-state index contributed by atoms with van der Waals surface area (Å²) in [7, 11) is 0. The summed E-state index contributed by atoms with van der Waals surface area (Å²) in [5, 5.41) is 10.7. The summed E-state index contributed by atoms with van der Waals surface area (Å²) in [6.07, 6.45) is 15.1. The molecule has 1 N–H and O–H groups in total. The normalized spacial score (nSPS) is 55.2. The molecule has 0 radical (unpaired) electrons. The molecule has 10 atom stereocenters. The first-order valence-electron chi connectivity index (χ1n) is 13.4. The topological polar surface area (TPSA) is 40.5 Å². The van der Waals surface area contributed by atoms with Gasteiger partial charge in [-0.15, -0.1) is 0 Å². The molecule has 6 aliphatic rings. The number of hydrogen-bond donors (Lipinski definition) is 1. The van der Waals surface area contributed by atoms with Crippen molar-refractivity contribution < 1.29 is 9.90 Å². The van der Waals surface area contributed by atoms with E-state index in [4.69, 9.17) is 0 Å². The Labute approximate surface area is 183 Å². The van der Waals surface area contributed by atoms with Crippen LogP contribution in [-0.2, 0) is 4.79 Å². The summed E-state index contributed by atoms with van der Waals surface area (Å²) in [6, 6.07) is 0.589. The predicted molar refractivity (Wildman–Crippen MR) is 119 cm³/mol. The molecule has 6 rings (SSSR count). The number of hydrogen-bond acceptors (Lipinski definition) is 3. The van der Waals surface area contributed by atoms with Crippen molar-refractivity contribution in [2.24, 2.45) is 46.8 Å². The number of Topliss-reactive ketones (excluding diaryl/α,β-unsaturated/α-hetero) is 1. The minimum absolute atomic E-state index is 0.256. The lowest BCUT2D eigenvalue weighted by Gasteiger charge is -2.56. The number of ketones is 1. The average Bonchev–Trinajstić information content (AvgIpc) is 3.30. The highest BCUT2D eigenvalue weighted by atomic mass is 16.3. The van der Waals surface area contributed by atoms with Crippen molar-refractivity contribution in [2.75, 3.05) is 13.1 Å². The molecule has 1 unspecified atom stereocenters. The zero-order valence-corrected chi connectivity index (χ0v) is 19.3. The third-order valence-corrected chi connectivity index (χ3v) is 11.6. The highest BCUT2D eigenvalue weighted by Gasteiger charge is 2.65. The van der Waals surface area contributed by atoms with Gasteiger partial charge in [0.15, 0.2) is 0 Å². The Morgan fingerprint density at radius 3 is 2.40 bits per heavy atom. The van der Waals surface area contributed by atoms with Crippen molar-refractivity contribution in [3.05, 3.63) is 0 Å². The summed E-state index contributed by atoms with van der Waals surface area (Å²) in [5.41, 5.74) is 0.00669. The second-order valence-electron chi connectivity index (χ2n) is 12.7. The fourth-order valence-electron chi connectivity index (χ4n) is 9.92. The third kappa shape index (κ3) is 2.93. The molecule has 5 saturated carbocycles. The molecule has 1 heterocycles. The number of piperidine rings is 1. The lowest BCUT2D eigenvalue weighted by molar-refractivity contribution is -0.133. The maximum absolute atomic E-state index is 13.5. The smallest absolute Gasteiger partial charge is 0.150 e. The van der Waals surface area contributed by atoms with Crippen LogP contribution < -0.4 is 0 Å². The van der Waals surface area contributed by atoms with Crippen LogP contribution in [0.2, 0.25) is 0 Å². The largest absolute Gasteiger partial charge is 0.390 e. The van der Waals surface area contributed by atoms with Gasteiger partial charge < -0.3 is 5.11 Å². The molecule has 1 aliphatic heterocycles. The van der Waals surface area contributed by atoms with Crippen molar-refractivity contribution in [2.45, 2.75) is 103 Å². The molecule has 0 spiro atoms. The fourth-order valence-corrected chi connectivity index (χ4v) is 9.92. The zero-order valence-electron chi connectivity index (χ0n) is 19.3. The summed E-state index contributed by atoms with van der Waals surface area (Å²) in [5.74, 6) is 5.75. The van der Waals surface area contributed by atoms with Crippen LogP contribution in [0.4, 0.5) is 0 Å². The molecule has 3 heteroatoms. The number of carbonyl (C=O) groups excluding carboxylic acids is 1. The number of nitrogens with zero attached hydrogens (tertiary/aromatic N) is 1. The summed E-state index contributed by atoms with van der Waals surface area (Å²) < 4.78 is 0. The van der Waals surface area contributed by atoms with Gasteiger partial charge in [0.2, 0.25) is 0 Å². The lowest BCUT2D eigenvalue weighted by Crippen LogP contribution is -2.51. The summed E-state index contributed by atoms with van der Waals surface area (Å²) in [6.45, 7) is 6.67. The van der Waals surface area contributed by atoms with Gasteiger partial charge >= 0.3 is 0 Å². The second kappa shape index (κ2) is 7.04. The summed E-state index contributed by atoms with van der Waals surface area (Å²) >= 11 is 0. The molecule has 168 valence electrons. The summed E-state index contributed by atoms with van der Waals surface area (Å²) in [4.78, 5) is 16.0. The number of rotatable bonds is 3. The highest BCUT2D eigenvalue weighted by Crippen LogP contribution is 2.68. The van der Waals surface area contributed by atoms with Crippen LogP contribution in [0.25, 0.3) is 0 Å². The zero-order chi connectivity index (χ0) is 20.7. The predicted octanol–water partition coefficient (Wildman–Crippen LogP) is 5.06. The maximum Gasteiger partial charge on any atom is 0.150 e. The Balaban J connectivity index is 1.16. The molecule has 5 aliphatic carbocycles. The minimum Gasteiger partial charge on any atom is -0.390 e. The van der Waals surface area contributed by atoms with Crippen LogP contribution in [0.3, 0.4) is 0 Å². The van der Waals surface area contributed by atoms with Crippen LogP contribution in [-0.4, -0.2) is 40.5 Å². The Kier molecular flexibility index (Phi) is 4.75. The molecule has 0 bridgehead atoms. The Morgan fingerprint density at radius 2 is 1.63 bits per heavy atom. The Morgan fingerprint density at radius 1 is 0.900 bits per heavy atom. The van der Waals surface area contributed by atoms with Crippen LogP contribution in [0.15, 0.2) is 0 Å². The molecule has 30 heavy (non-hydrogen) atoms. The highest BCUT2D eigenvalue weighted by molar-refractivity contribution is 5.84. The van der Waals surface area contributed by atoms with Crippen LogP contribution >= 0.6 is 0 Å². The van der Waals surface area contributed by atoms with Crippen LogP contribution in [0.1, 0.15) is 90.9 Å². The van der Waals surface area contributed by atoms with E-state index in [1.807, 2.05) is 0 Å². The minimum atomic E-state index is -0.256. The van der Waals surface area contributed by atoms with Gasteiger partial charge in [-0.1, -0.05) is 13.3 Å².